The van der Waals surface area contributed by atoms with Gasteiger partial charge in [0.25, 0.3) is 0 Å². The molecule has 4 rings (SSSR count). The lowest BCUT2D eigenvalue weighted by Gasteiger charge is -2.26. The third kappa shape index (κ3) is 9.59. The lowest BCUT2D eigenvalue weighted by Crippen LogP contribution is -2.38. The topological polar surface area (TPSA) is 70.4 Å². The molecule has 2 aliphatic heterocycles. The number of nitrogens with two attached hydrogens (primary N) is 1. The number of urea groups is 1. The summed E-state index contributed by atoms with van der Waals surface area (Å²) in [7, 11) is 0. The minimum atomic E-state index is -0.484. The molecule has 2 heterocycles. The Morgan fingerprint density at radius 3 is 1.91 bits per heavy atom. The van der Waals surface area contributed by atoms with Crippen LogP contribution >= 0.6 is 23.2 Å². The van der Waals surface area contributed by atoms with Gasteiger partial charge in [0.2, 0.25) is 0 Å². The lowest BCUT2D eigenvalue weighted by atomic mass is 10.1. The number of rotatable bonds is 1. The third-order valence-corrected chi connectivity index (χ3v) is 5.54. The Morgan fingerprint density at radius 1 is 0.875 bits per heavy atom. The molecule has 2 amide bonds. The Labute approximate surface area is 198 Å². The molecule has 2 saturated heterocycles. The second kappa shape index (κ2) is 14.1. The van der Waals surface area contributed by atoms with Gasteiger partial charge in [0.1, 0.15) is 11.6 Å². The van der Waals surface area contributed by atoms with Gasteiger partial charge >= 0.3 is 6.03 Å². The van der Waals surface area contributed by atoms with E-state index in [9.17, 15) is 13.6 Å². The van der Waals surface area contributed by atoms with Crippen LogP contribution in [0.15, 0.2) is 36.4 Å². The Kier molecular flexibility index (Phi) is 11.6. The molecule has 0 bridgehead atoms. The molecule has 5 nitrogen and oxygen atoms in total. The fraction of sp³-hybridized carbons (Fsp3) is 0.435. The minimum Gasteiger partial charge on any atom is -0.399 e. The van der Waals surface area contributed by atoms with Crippen LogP contribution in [-0.2, 0) is 0 Å². The van der Waals surface area contributed by atoms with Gasteiger partial charge in [-0.3, -0.25) is 0 Å². The van der Waals surface area contributed by atoms with Gasteiger partial charge in [0.15, 0.2) is 0 Å². The quantitative estimate of drug-likeness (QED) is 0.413. The van der Waals surface area contributed by atoms with Crippen LogP contribution in [0.2, 0.25) is 10.0 Å². The average Bonchev–Trinajstić information content (AvgIpc) is 2.81. The van der Waals surface area contributed by atoms with Gasteiger partial charge in [-0.05, 0) is 81.6 Å². The molecule has 2 fully saturated rings. The number of halogens is 4. The second-order valence-electron chi connectivity index (χ2n) is 7.59. The number of hydrogen-bond donors (Lipinski definition) is 3. The molecule has 32 heavy (non-hydrogen) atoms. The molecule has 0 atom stereocenters. The Bertz CT molecular complexity index is 848. The van der Waals surface area contributed by atoms with Gasteiger partial charge in [0.05, 0.1) is 10.0 Å². The summed E-state index contributed by atoms with van der Waals surface area (Å²) in [5, 5.41) is 6.08. The summed E-state index contributed by atoms with van der Waals surface area (Å²) in [4.78, 5) is 13.6. The van der Waals surface area contributed by atoms with Crippen molar-refractivity contribution >= 4 is 40.6 Å². The molecule has 0 aromatic heterocycles. The summed E-state index contributed by atoms with van der Waals surface area (Å²) >= 11 is 11.0. The van der Waals surface area contributed by atoms with Crippen LogP contribution < -0.4 is 16.4 Å². The van der Waals surface area contributed by atoms with Crippen LogP contribution in [0.4, 0.5) is 25.0 Å². The zero-order valence-corrected chi connectivity index (χ0v) is 19.5. The highest BCUT2D eigenvalue weighted by atomic mass is 35.5. The number of anilines is 2. The first-order chi connectivity index (χ1) is 15.4. The van der Waals surface area contributed by atoms with Gasteiger partial charge in [-0.25, -0.2) is 13.6 Å². The zero-order valence-electron chi connectivity index (χ0n) is 18.0. The molecule has 9 heteroatoms. The van der Waals surface area contributed by atoms with Crippen molar-refractivity contribution in [1.29, 1.82) is 0 Å². The van der Waals surface area contributed by atoms with E-state index in [-0.39, 0.29) is 16.1 Å². The molecule has 0 radical (unpaired) electrons. The van der Waals surface area contributed by atoms with Gasteiger partial charge in [-0.2, -0.15) is 0 Å². The maximum atomic E-state index is 12.9. The standard InChI is InChI=1S/C12H14ClFN2O.C6H5ClFN.C5H11N/c13-10-8-9(4-5-11(10)14)15-12(17)16-6-2-1-3-7-16;7-5-3-4(9)1-2-6(5)8;1-2-4-6-5-3-1/h4-5,8H,1-3,6-7H2,(H,15,17);1-3H,9H2;6H,1-5H2. The molecular formula is C23H30Cl2F2N4O. The van der Waals surface area contributed by atoms with E-state index in [2.05, 4.69) is 10.6 Å². The Balaban J connectivity index is 0.000000200. The second-order valence-corrected chi connectivity index (χ2v) is 8.41. The fourth-order valence-electron chi connectivity index (χ4n) is 3.19. The van der Waals surface area contributed by atoms with E-state index in [0.717, 1.165) is 25.9 Å². The first kappa shape index (κ1) is 26.2. The Hall–Kier alpha value is -2.09. The van der Waals surface area contributed by atoms with E-state index < -0.39 is 11.6 Å². The normalized spacial score (nSPS) is 15.6. The molecule has 0 aliphatic carbocycles. The van der Waals surface area contributed by atoms with E-state index in [1.165, 1.54) is 75.2 Å². The average molecular weight is 487 g/mol. The fourth-order valence-corrected chi connectivity index (χ4v) is 3.56. The summed E-state index contributed by atoms with van der Waals surface area (Å²) in [6, 6.07) is 8.08. The number of carbonyl (C=O) groups excluding carboxylic acids is 1. The highest BCUT2D eigenvalue weighted by Crippen LogP contribution is 2.20. The van der Waals surface area contributed by atoms with Crippen molar-refractivity contribution in [2.45, 2.75) is 38.5 Å². The number of carbonyl (C=O) groups is 1. The minimum absolute atomic E-state index is 0.0152. The molecular weight excluding hydrogens is 457 g/mol. The van der Waals surface area contributed by atoms with Crippen molar-refractivity contribution in [1.82, 2.24) is 10.2 Å². The Morgan fingerprint density at radius 2 is 1.44 bits per heavy atom. The van der Waals surface area contributed by atoms with E-state index in [0.29, 0.717) is 11.4 Å². The number of nitrogens with zero attached hydrogens (tertiary/aromatic N) is 1. The van der Waals surface area contributed by atoms with Crippen LogP contribution in [0.5, 0.6) is 0 Å². The molecule has 2 aromatic carbocycles. The largest absolute Gasteiger partial charge is 0.399 e. The predicted molar refractivity (Wildman–Crippen MR) is 128 cm³/mol. The first-order valence-corrected chi connectivity index (χ1v) is 11.5. The first-order valence-electron chi connectivity index (χ1n) is 10.8. The number of hydrogen-bond acceptors (Lipinski definition) is 3. The molecule has 2 aromatic rings. The van der Waals surface area contributed by atoms with Crippen molar-refractivity contribution in [3.8, 4) is 0 Å². The molecule has 0 saturated carbocycles. The maximum absolute atomic E-state index is 12.9. The number of amides is 2. The third-order valence-electron chi connectivity index (χ3n) is 4.96. The van der Waals surface area contributed by atoms with Crippen LogP contribution in [0.3, 0.4) is 0 Å². The monoisotopic (exact) mass is 486 g/mol. The summed E-state index contributed by atoms with van der Waals surface area (Å²) in [5.41, 5.74) is 6.27. The number of piperidine rings is 2. The van der Waals surface area contributed by atoms with Crippen LogP contribution in [-0.4, -0.2) is 37.1 Å². The van der Waals surface area contributed by atoms with E-state index in [1.807, 2.05) is 0 Å². The summed E-state index contributed by atoms with van der Waals surface area (Å²) in [6.07, 6.45) is 7.47. The predicted octanol–water partition coefficient (Wildman–Crippen LogP) is 6.32. The SMILES string of the molecule is C1CCNCC1.Nc1ccc(F)c(Cl)c1.O=C(Nc1ccc(F)c(Cl)c1)N1CCCCC1. The van der Waals surface area contributed by atoms with Crippen LogP contribution in [0.25, 0.3) is 0 Å². The van der Waals surface area contributed by atoms with Crippen LogP contribution in [0.1, 0.15) is 38.5 Å². The lowest BCUT2D eigenvalue weighted by molar-refractivity contribution is 0.200. The molecule has 0 spiro atoms. The van der Waals surface area contributed by atoms with Gasteiger partial charge in [-0.1, -0.05) is 29.6 Å². The van der Waals surface area contributed by atoms with Gasteiger partial charge < -0.3 is 21.3 Å². The maximum Gasteiger partial charge on any atom is 0.321 e. The van der Waals surface area contributed by atoms with Crippen molar-refractivity contribution in [2.24, 2.45) is 0 Å². The molecule has 0 unspecified atom stereocenters. The van der Waals surface area contributed by atoms with Crippen LogP contribution in [0, 0.1) is 11.6 Å². The summed E-state index contributed by atoms with van der Waals surface area (Å²) in [6.45, 7) is 4.06. The van der Waals surface area contributed by atoms with E-state index in [1.54, 1.807) is 4.90 Å². The number of nitrogen functional groups attached to an aromatic ring is 1. The van der Waals surface area contributed by atoms with Crippen molar-refractivity contribution < 1.29 is 13.6 Å². The van der Waals surface area contributed by atoms with Crippen molar-refractivity contribution in [3.63, 3.8) is 0 Å². The number of benzene rings is 2. The van der Waals surface area contributed by atoms with Crippen molar-refractivity contribution in [2.75, 3.05) is 37.2 Å². The van der Waals surface area contributed by atoms with Gasteiger partial charge in [0, 0.05) is 24.5 Å². The number of nitrogens with one attached hydrogen (secondary N) is 2. The smallest absolute Gasteiger partial charge is 0.321 e. The summed E-state index contributed by atoms with van der Waals surface area (Å²) in [5.74, 6) is -0.923. The number of likely N-dealkylation sites (tertiary alicyclic amines) is 1. The summed E-state index contributed by atoms with van der Waals surface area (Å²) < 4.78 is 25.2. The van der Waals surface area contributed by atoms with E-state index in [4.69, 9.17) is 28.9 Å². The molecule has 4 N–H and O–H groups in total. The molecule has 2 aliphatic rings. The van der Waals surface area contributed by atoms with Gasteiger partial charge in [-0.15, -0.1) is 0 Å². The highest BCUT2D eigenvalue weighted by molar-refractivity contribution is 6.31. The highest BCUT2D eigenvalue weighted by Gasteiger charge is 2.16. The van der Waals surface area contributed by atoms with E-state index >= 15 is 0 Å². The van der Waals surface area contributed by atoms with Crippen molar-refractivity contribution in [3.05, 3.63) is 58.1 Å². The zero-order chi connectivity index (χ0) is 23.3. The molecule has 176 valence electrons.